The summed E-state index contributed by atoms with van der Waals surface area (Å²) in [5, 5.41) is 12.3. The maximum atomic E-state index is 13.4. The summed E-state index contributed by atoms with van der Waals surface area (Å²) >= 11 is 0. The molecule has 7 heteroatoms. The molecule has 7 nitrogen and oxygen atoms in total. The number of hydrogen-bond donors (Lipinski definition) is 2. The van der Waals surface area contributed by atoms with Crippen LogP contribution in [0.2, 0.25) is 0 Å². The van der Waals surface area contributed by atoms with Crippen LogP contribution in [-0.2, 0) is 14.4 Å². The molecule has 1 fully saturated rings. The lowest BCUT2D eigenvalue weighted by Gasteiger charge is -2.42. The highest BCUT2D eigenvalue weighted by atomic mass is 16.4. The lowest BCUT2D eigenvalue weighted by molar-refractivity contribution is -0.140. The highest BCUT2D eigenvalue weighted by Gasteiger charge is 2.37. The number of carboxylic acid groups (broad SMARTS) is 1. The Morgan fingerprint density at radius 3 is 2.12 bits per heavy atom. The fourth-order valence-corrected chi connectivity index (χ4v) is 4.47. The quantitative estimate of drug-likeness (QED) is 0.496. The monoisotopic (exact) mass is 451 g/mol. The van der Waals surface area contributed by atoms with Gasteiger partial charge in [-0.25, -0.2) is 4.79 Å². The molecule has 1 saturated heterocycles. The average molecular weight is 452 g/mol. The van der Waals surface area contributed by atoms with E-state index in [2.05, 4.69) is 31.0 Å². The minimum Gasteiger partial charge on any atom is -0.478 e. The van der Waals surface area contributed by atoms with Crippen LogP contribution in [0.3, 0.4) is 0 Å². The highest BCUT2D eigenvalue weighted by Crippen LogP contribution is 2.26. The van der Waals surface area contributed by atoms with E-state index in [0.717, 1.165) is 25.8 Å². The van der Waals surface area contributed by atoms with Crippen molar-refractivity contribution in [2.75, 3.05) is 13.6 Å². The summed E-state index contributed by atoms with van der Waals surface area (Å²) in [5.74, 6) is -0.743. The van der Waals surface area contributed by atoms with Crippen molar-refractivity contribution in [1.29, 1.82) is 0 Å². The zero-order valence-electron chi connectivity index (χ0n) is 21.5. The molecule has 2 amide bonds. The second kappa shape index (κ2) is 12.4. The van der Waals surface area contributed by atoms with Crippen molar-refractivity contribution in [3.05, 3.63) is 11.6 Å². The molecule has 0 spiro atoms. The number of nitrogens with one attached hydrogen (secondary N) is 1. The highest BCUT2D eigenvalue weighted by molar-refractivity contribution is 5.90. The largest absolute Gasteiger partial charge is 0.478 e. The maximum Gasteiger partial charge on any atom is 0.331 e. The van der Waals surface area contributed by atoms with E-state index in [1.807, 2.05) is 27.7 Å². The topological polar surface area (TPSA) is 90.0 Å². The van der Waals surface area contributed by atoms with Gasteiger partial charge in [0, 0.05) is 25.2 Å². The lowest BCUT2D eigenvalue weighted by atomic mass is 9.89. The number of likely N-dealkylation sites (N-methyl/N-ethyl adjacent to an activating group) is 1. The van der Waals surface area contributed by atoms with Gasteiger partial charge >= 0.3 is 5.97 Å². The summed E-state index contributed by atoms with van der Waals surface area (Å²) < 4.78 is 0. The van der Waals surface area contributed by atoms with Gasteiger partial charge in [-0.3, -0.25) is 14.5 Å². The number of carboxylic acids is 1. The first-order valence-corrected chi connectivity index (χ1v) is 12.1. The number of carbonyl (C=O) groups excluding carboxylic acids is 2. The standard InChI is InChI=1S/C25H45N3O4/c1-10-19-11-12-20(28(14-19)17(6)7)23(29)26-22(16(4)5)24(30)27(9)21(15(2)3)13-18(8)25(31)32/h13,15-17,19-22H,10-12,14H2,1-9H3,(H,26,29)(H,31,32)/b18-13+/t19?,20-,21-,22+/m1/s1. The molecule has 0 aromatic carbocycles. The van der Waals surface area contributed by atoms with Crippen molar-refractivity contribution in [3.63, 3.8) is 0 Å². The molecule has 0 aromatic heterocycles. The Bertz CT molecular complexity index is 687. The molecule has 1 rings (SSSR count). The van der Waals surface area contributed by atoms with Gasteiger partial charge in [-0.05, 0) is 51.4 Å². The molecule has 0 radical (unpaired) electrons. The molecule has 1 aliphatic heterocycles. The molecule has 0 aliphatic carbocycles. The number of likely N-dealkylation sites (tertiary alicyclic amines) is 1. The number of rotatable bonds is 10. The van der Waals surface area contributed by atoms with Crippen molar-refractivity contribution in [1.82, 2.24) is 15.1 Å². The molecule has 0 aromatic rings. The molecule has 1 aliphatic rings. The van der Waals surface area contributed by atoms with Crippen molar-refractivity contribution >= 4 is 17.8 Å². The van der Waals surface area contributed by atoms with Gasteiger partial charge in [-0.2, -0.15) is 0 Å². The van der Waals surface area contributed by atoms with Gasteiger partial charge in [-0.15, -0.1) is 0 Å². The van der Waals surface area contributed by atoms with Crippen LogP contribution in [0.15, 0.2) is 11.6 Å². The molecule has 184 valence electrons. The number of aliphatic carboxylic acids is 1. The van der Waals surface area contributed by atoms with E-state index in [0.29, 0.717) is 5.92 Å². The zero-order valence-corrected chi connectivity index (χ0v) is 21.5. The maximum absolute atomic E-state index is 13.4. The predicted octanol–water partition coefficient (Wildman–Crippen LogP) is 3.54. The average Bonchev–Trinajstić information content (AvgIpc) is 2.73. The van der Waals surface area contributed by atoms with Crippen LogP contribution in [0.25, 0.3) is 0 Å². The van der Waals surface area contributed by atoms with Crippen molar-refractivity contribution in [3.8, 4) is 0 Å². The Kier molecular flexibility index (Phi) is 10.9. The van der Waals surface area contributed by atoms with E-state index in [4.69, 9.17) is 0 Å². The third-order valence-electron chi connectivity index (χ3n) is 6.73. The summed E-state index contributed by atoms with van der Waals surface area (Å²) in [6.07, 6.45) is 4.55. The zero-order chi connectivity index (χ0) is 24.7. The molecule has 1 heterocycles. The normalized spacial score (nSPS) is 22.2. The van der Waals surface area contributed by atoms with Gasteiger partial charge in [0.1, 0.15) is 6.04 Å². The van der Waals surface area contributed by atoms with E-state index in [1.165, 1.54) is 6.92 Å². The Hall–Kier alpha value is -1.89. The van der Waals surface area contributed by atoms with E-state index >= 15 is 0 Å². The van der Waals surface area contributed by atoms with E-state index in [-0.39, 0.29) is 47.3 Å². The van der Waals surface area contributed by atoms with E-state index in [9.17, 15) is 19.5 Å². The van der Waals surface area contributed by atoms with Crippen molar-refractivity contribution < 1.29 is 19.5 Å². The Morgan fingerprint density at radius 2 is 1.69 bits per heavy atom. The van der Waals surface area contributed by atoms with E-state index < -0.39 is 12.0 Å². The molecule has 4 atom stereocenters. The minimum atomic E-state index is -0.998. The molecule has 32 heavy (non-hydrogen) atoms. The van der Waals surface area contributed by atoms with Crippen LogP contribution in [0.5, 0.6) is 0 Å². The number of amides is 2. The van der Waals surface area contributed by atoms with E-state index in [1.54, 1.807) is 18.0 Å². The summed E-state index contributed by atoms with van der Waals surface area (Å²) in [4.78, 5) is 41.9. The molecule has 0 bridgehead atoms. The third-order valence-corrected chi connectivity index (χ3v) is 6.73. The minimum absolute atomic E-state index is 0.0301. The van der Waals surface area contributed by atoms with Crippen LogP contribution in [-0.4, -0.2) is 70.4 Å². The first-order chi connectivity index (χ1) is 14.8. The molecular formula is C25H45N3O4. The third kappa shape index (κ3) is 7.32. The van der Waals surface area contributed by atoms with Gasteiger partial charge in [0.2, 0.25) is 11.8 Å². The molecule has 2 N–H and O–H groups in total. The fourth-order valence-electron chi connectivity index (χ4n) is 4.47. The van der Waals surface area contributed by atoms with Crippen LogP contribution in [0.1, 0.15) is 74.7 Å². The van der Waals surface area contributed by atoms with Crippen molar-refractivity contribution in [2.45, 2.75) is 98.8 Å². The first-order valence-electron chi connectivity index (χ1n) is 12.1. The molecule has 0 saturated carbocycles. The Morgan fingerprint density at radius 1 is 1.09 bits per heavy atom. The molecule has 1 unspecified atom stereocenters. The summed E-state index contributed by atoms with van der Waals surface area (Å²) in [6, 6.07) is -1.01. The van der Waals surface area contributed by atoms with Gasteiger partial charge < -0.3 is 15.3 Å². The molecular weight excluding hydrogens is 406 g/mol. The number of nitrogens with zero attached hydrogens (tertiary/aromatic N) is 2. The fraction of sp³-hybridized carbons (Fsp3) is 0.800. The van der Waals surface area contributed by atoms with Crippen LogP contribution in [0.4, 0.5) is 0 Å². The second-order valence-electron chi connectivity index (χ2n) is 10.2. The Balaban J connectivity index is 3.06. The summed E-state index contributed by atoms with van der Waals surface area (Å²) in [7, 11) is 1.69. The number of piperidine rings is 1. The van der Waals surface area contributed by atoms with Gasteiger partial charge in [0.15, 0.2) is 0 Å². The lowest BCUT2D eigenvalue weighted by Crippen LogP contribution is -2.59. The smallest absolute Gasteiger partial charge is 0.331 e. The van der Waals surface area contributed by atoms with Crippen molar-refractivity contribution in [2.24, 2.45) is 17.8 Å². The van der Waals surface area contributed by atoms with Crippen LogP contribution in [0, 0.1) is 17.8 Å². The second-order valence-corrected chi connectivity index (χ2v) is 10.2. The number of hydrogen-bond acceptors (Lipinski definition) is 4. The van der Waals surface area contributed by atoms with Gasteiger partial charge in [0.05, 0.1) is 12.1 Å². The summed E-state index contributed by atoms with van der Waals surface area (Å²) in [6.45, 7) is 16.6. The van der Waals surface area contributed by atoms with Crippen LogP contribution < -0.4 is 5.32 Å². The van der Waals surface area contributed by atoms with Crippen LogP contribution >= 0.6 is 0 Å². The SMILES string of the molecule is CCC1CC[C@H](C(=O)N[C@H](C(=O)N(C)[C@H](/C=C(\C)C(=O)O)C(C)C)C(C)C)N(C(C)C)C1. The Labute approximate surface area is 194 Å². The van der Waals surface area contributed by atoms with Gasteiger partial charge in [-0.1, -0.05) is 47.1 Å². The van der Waals surface area contributed by atoms with Gasteiger partial charge in [0.25, 0.3) is 0 Å². The number of carbonyl (C=O) groups is 3. The predicted molar refractivity (Wildman–Crippen MR) is 128 cm³/mol. The first kappa shape index (κ1) is 28.1. The summed E-state index contributed by atoms with van der Waals surface area (Å²) in [5.41, 5.74) is 0.203.